The molecule has 0 heterocycles. The van der Waals surface area contributed by atoms with Crippen LogP contribution in [0.1, 0.15) is 22.8 Å². The highest BCUT2D eigenvalue weighted by atomic mass is 16.6. The smallest absolute Gasteiger partial charge is 0.340 e. The first-order valence-corrected chi connectivity index (χ1v) is 6.66. The highest BCUT2D eigenvalue weighted by Gasteiger charge is 2.10. The molecule has 0 amide bonds. The van der Waals surface area contributed by atoms with Crippen LogP contribution < -0.4 is 0 Å². The van der Waals surface area contributed by atoms with Crippen LogP contribution in [0.4, 0.5) is 11.4 Å². The van der Waals surface area contributed by atoms with Gasteiger partial charge in [-0.2, -0.15) is 0 Å². The van der Waals surface area contributed by atoms with Crippen molar-refractivity contribution in [1.82, 2.24) is 0 Å². The first kappa shape index (κ1) is 15.4. The van der Waals surface area contributed by atoms with Gasteiger partial charge >= 0.3 is 5.97 Å². The fourth-order valence-corrected chi connectivity index (χ4v) is 1.79. The molecular weight excluding hydrogens is 284 g/mol. The van der Waals surface area contributed by atoms with Crippen molar-refractivity contribution in [2.45, 2.75) is 6.92 Å². The van der Waals surface area contributed by atoms with Gasteiger partial charge in [0.05, 0.1) is 22.8 Å². The van der Waals surface area contributed by atoms with Gasteiger partial charge in [0.2, 0.25) is 0 Å². The number of carbonyl (C=O) groups is 1. The molecule has 2 aromatic rings. The van der Waals surface area contributed by atoms with Gasteiger partial charge in [0.25, 0.3) is 5.69 Å². The lowest BCUT2D eigenvalue weighted by Gasteiger charge is -2.04. The number of para-hydroxylation sites is 1. The Morgan fingerprint density at radius 1 is 1.23 bits per heavy atom. The van der Waals surface area contributed by atoms with Crippen molar-refractivity contribution >= 4 is 23.6 Å². The van der Waals surface area contributed by atoms with E-state index in [1.165, 1.54) is 12.1 Å². The molecule has 0 aromatic heterocycles. The molecule has 6 heteroatoms. The van der Waals surface area contributed by atoms with Gasteiger partial charge in [0, 0.05) is 18.3 Å². The highest BCUT2D eigenvalue weighted by Crippen LogP contribution is 2.20. The molecule has 2 aromatic carbocycles. The van der Waals surface area contributed by atoms with E-state index in [1.54, 1.807) is 49.5 Å². The van der Waals surface area contributed by atoms with E-state index in [1.807, 2.05) is 0 Å². The third-order valence-electron chi connectivity index (χ3n) is 2.86. The summed E-state index contributed by atoms with van der Waals surface area (Å²) < 4.78 is 4.97. The van der Waals surface area contributed by atoms with Crippen molar-refractivity contribution in [2.24, 2.45) is 4.99 Å². The van der Waals surface area contributed by atoms with E-state index in [4.69, 9.17) is 4.74 Å². The average Bonchev–Trinajstić information content (AvgIpc) is 2.54. The number of aliphatic imine (C=N–C) groups is 1. The summed E-state index contributed by atoms with van der Waals surface area (Å²) in [5, 5.41) is 10.6. The average molecular weight is 298 g/mol. The summed E-state index contributed by atoms with van der Waals surface area (Å²) in [7, 11) is 0. The summed E-state index contributed by atoms with van der Waals surface area (Å²) in [5.74, 6) is -0.432. The van der Waals surface area contributed by atoms with Crippen LogP contribution in [0.25, 0.3) is 0 Å². The largest absolute Gasteiger partial charge is 0.462 e. The number of nitro benzene ring substituents is 1. The number of hydrogen-bond acceptors (Lipinski definition) is 5. The van der Waals surface area contributed by atoms with Crippen LogP contribution in [0, 0.1) is 10.1 Å². The molecule has 6 nitrogen and oxygen atoms in total. The Morgan fingerprint density at radius 2 is 1.91 bits per heavy atom. The molecular formula is C16H14N2O4. The topological polar surface area (TPSA) is 81.8 Å². The first-order chi connectivity index (χ1) is 10.6. The zero-order chi connectivity index (χ0) is 15.9. The molecule has 2 rings (SSSR count). The number of ether oxygens (including phenoxy) is 1. The van der Waals surface area contributed by atoms with Crippen molar-refractivity contribution in [3.8, 4) is 0 Å². The minimum atomic E-state index is -0.461. The quantitative estimate of drug-likeness (QED) is 0.366. The van der Waals surface area contributed by atoms with E-state index in [2.05, 4.69) is 4.99 Å². The molecule has 0 N–H and O–H groups in total. The van der Waals surface area contributed by atoms with Crippen LogP contribution >= 0.6 is 0 Å². The molecule has 22 heavy (non-hydrogen) atoms. The second kappa shape index (κ2) is 7.12. The number of carbonyl (C=O) groups excluding carboxylic acids is 1. The molecule has 0 unspecified atom stereocenters. The Balaban J connectivity index is 2.23. The summed E-state index contributed by atoms with van der Waals surface area (Å²) in [5.41, 5.74) is 1.58. The normalized spacial score (nSPS) is 10.6. The maximum absolute atomic E-state index is 11.8. The zero-order valence-electron chi connectivity index (χ0n) is 11.9. The lowest BCUT2D eigenvalue weighted by molar-refractivity contribution is -0.384. The number of nitro groups is 1. The number of esters is 1. The number of nitrogens with zero attached hydrogens (tertiary/aromatic N) is 2. The minimum absolute atomic E-state index is 0.0177. The molecule has 0 bridgehead atoms. The summed E-state index contributed by atoms with van der Waals surface area (Å²) in [6.45, 7) is 2.03. The summed E-state index contributed by atoms with van der Waals surface area (Å²) in [6, 6.07) is 12.8. The van der Waals surface area contributed by atoms with Crippen LogP contribution in [0.2, 0.25) is 0 Å². The first-order valence-electron chi connectivity index (χ1n) is 6.66. The van der Waals surface area contributed by atoms with E-state index in [0.717, 1.165) is 0 Å². The van der Waals surface area contributed by atoms with Crippen LogP contribution in [0.3, 0.4) is 0 Å². The fraction of sp³-hybridized carbons (Fsp3) is 0.125. The summed E-state index contributed by atoms with van der Waals surface area (Å²) in [4.78, 5) is 26.2. The molecule has 0 radical (unpaired) electrons. The van der Waals surface area contributed by atoms with Crippen LogP contribution in [0.15, 0.2) is 53.5 Å². The predicted octanol–water partition coefficient (Wildman–Crippen LogP) is 3.52. The highest BCUT2D eigenvalue weighted by molar-refractivity contribution is 5.96. The maximum atomic E-state index is 11.8. The molecule has 0 saturated carbocycles. The predicted molar refractivity (Wildman–Crippen MR) is 82.7 cm³/mol. The lowest BCUT2D eigenvalue weighted by atomic mass is 10.2. The Kier molecular flexibility index (Phi) is 4.98. The van der Waals surface area contributed by atoms with Crippen LogP contribution in [0.5, 0.6) is 0 Å². The lowest BCUT2D eigenvalue weighted by Crippen LogP contribution is -2.04. The fourth-order valence-electron chi connectivity index (χ4n) is 1.79. The van der Waals surface area contributed by atoms with Crippen molar-refractivity contribution in [3.05, 3.63) is 69.8 Å². The van der Waals surface area contributed by atoms with E-state index >= 15 is 0 Å². The molecule has 112 valence electrons. The second-order valence-electron chi connectivity index (χ2n) is 4.34. The molecule has 0 aliphatic heterocycles. The van der Waals surface area contributed by atoms with Crippen molar-refractivity contribution in [2.75, 3.05) is 6.61 Å². The molecule has 0 saturated heterocycles. The third-order valence-corrected chi connectivity index (χ3v) is 2.86. The number of non-ortho nitro benzene ring substituents is 1. The van der Waals surface area contributed by atoms with Gasteiger partial charge < -0.3 is 4.74 Å². The van der Waals surface area contributed by atoms with Gasteiger partial charge in [0.15, 0.2) is 0 Å². The maximum Gasteiger partial charge on any atom is 0.340 e. The van der Waals surface area contributed by atoms with Crippen molar-refractivity contribution < 1.29 is 14.5 Å². The van der Waals surface area contributed by atoms with E-state index in [-0.39, 0.29) is 5.69 Å². The minimum Gasteiger partial charge on any atom is -0.462 e. The SMILES string of the molecule is CCOC(=O)c1ccccc1N=Cc1ccc([N+](=O)[O-])cc1. The van der Waals surface area contributed by atoms with Gasteiger partial charge in [-0.1, -0.05) is 12.1 Å². The van der Waals surface area contributed by atoms with Gasteiger partial charge in [0.1, 0.15) is 0 Å². The van der Waals surface area contributed by atoms with E-state index < -0.39 is 10.9 Å². The zero-order valence-corrected chi connectivity index (χ0v) is 11.9. The Labute approximate surface area is 127 Å². The van der Waals surface area contributed by atoms with Gasteiger partial charge in [-0.25, -0.2) is 4.79 Å². The molecule has 0 atom stereocenters. The third kappa shape index (κ3) is 3.76. The van der Waals surface area contributed by atoms with Crippen molar-refractivity contribution in [1.29, 1.82) is 0 Å². The second-order valence-corrected chi connectivity index (χ2v) is 4.34. The van der Waals surface area contributed by atoms with E-state index in [0.29, 0.717) is 23.4 Å². The molecule has 0 aliphatic rings. The number of benzene rings is 2. The van der Waals surface area contributed by atoms with Crippen LogP contribution in [-0.4, -0.2) is 23.7 Å². The Hall–Kier alpha value is -3.02. The Morgan fingerprint density at radius 3 is 2.55 bits per heavy atom. The van der Waals surface area contributed by atoms with E-state index in [9.17, 15) is 14.9 Å². The van der Waals surface area contributed by atoms with Gasteiger partial charge in [-0.15, -0.1) is 0 Å². The number of hydrogen-bond donors (Lipinski definition) is 0. The number of rotatable bonds is 5. The summed E-state index contributed by atoms with van der Waals surface area (Å²) >= 11 is 0. The van der Waals surface area contributed by atoms with Crippen LogP contribution in [-0.2, 0) is 4.74 Å². The Bertz CT molecular complexity index is 708. The standard InChI is InChI=1S/C16H14N2O4/c1-2-22-16(19)14-5-3-4-6-15(14)17-11-12-7-9-13(10-8-12)18(20)21/h3-11H,2H2,1H3. The van der Waals surface area contributed by atoms with Gasteiger partial charge in [-0.3, -0.25) is 15.1 Å². The molecule has 0 aliphatic carbocycles. The van der Waals surface area contributed by atoms with Crippen molar-refractivity contribution in [3.63, 3.8) is 0 Å². The monoisotopic (exact) mass is 298 g/mol. The molecule has 0 fully saturated rings. The molecule has 0 spiro atoms. The summed E-state index contributed by atoms with van der Waals surface area (Å²) in [6.07, 6.45) is 1.54. The van der Waals surface area contributed by atoms with Gasteiger partial charge in [-0.05, 0) is 36.8 Å².